The number of ether oxygens (including phenoxy) is 1. The Morgan fingerprint density at radius 2 is 1.69 bits per heavy atom. The van der Waals surface area contributed by atoms with E-state index in [1.54, 1.807) is 0 Å². The molecule has 82 valence electrons. The Morgan fingerprint density at radius 1 is 1.00 bits per heavy atom. The number of hydrogen-bond donors (Lipinski definition) is 0. The van der Waals surface area contributed by atoms with E-state index in [9.17, 15) is 0 Å². The zero-order valence-electron chi connectivity index (χ0n) is 9.11. The van der Waals surface area contributed by atoms with Crippen LogP contribution in [0.3, 0.4) is 0 Å². The fourth-order valence-corrected chi connectivity index (χ4v) is 1.86. The van der Waals surface area contributed by atoms with Crippen LogP contribution in [0.15, 0.2) is 48.5 Å². The third-order valence-electron chi connectivity index (χ3n) is 2.28. The fraction of sp³-hybridized carbons (Fsp3) is 0.143. The van der Waals surface area contributed by atoms with Gasteiger partial charge in [-0.2, -0.15) is 0 Å². The number of benzene rings is 2. The highest BCUT2D eigenvalue weighted by Crippen LogP contribution is 2.23. The summed E-state index contributed by atoms with van der Waals surface area (Å²) in [4.78, 5) is 0. The van der Waals surface area contributed by atoms with Crippen LogP contribution in [-0.2, 0) is 5.33 Å². The van der Waals surface area contributed by atoms with Gasteiger partial charge in [-0.15, -0.1) is 0 Å². The van der Waals surface area contributed by atoms with Gasteiger partial charge >= 0.3 is 0 Å². The van der Waals surface area contributed by atoms with Gasteiger partial charge in [-0.25, -0.2) is 0 Å². The molecule has 1 nitrogen and oxygen atoms in total. The summed E-state index contributed by atoms with van der Waals surface area (Å²) in [5.41, 5.74) is 2.42. The van der Waals surface area contributed by atoms with Crippen LogP contribution in [0.1, 0.15) is 11.1 Å². The summed E-state index contributed by atoms with van der Waals surface area (Å²) in [7, 11) is 0. The quantitative estimate of drug-likeness (QED) is 0.740. The first-order valence-corrected chi connectivity index (χ1v) is 6.29. The number of rotatable bonds is 3. The lowest BCUT2D eigenvalue weighted by atomic mass is 10.2. The van der Waals surface area contributed by atoms with Crippen molar-refractivity contribution in [3.63, 3.8) is 0 Å². The van der Waals surface area contributed by atoms with Crippen molar-refractivity contribution in [2.75, 3.05) is 0 Å². The van der Waals surface area contributed by atoms with Crippen LogP contribution in [0.2, 0.25) is 0 Å². The molecule has 0 amide bonds. The van der Waals surface area contributed by atoms with Crippen molar-refractivity contribution >= 4 is 15.9 Å². The summed E-state index contributed by atoms with van der Waals surface area (Å²) < 4.78 is 5.78. The first kappa shape index (κ1) is 11.2. The Kier molecular flexibility index (Phi) is 3.62. The molecule has 0 spiro atoms. The molecule has 0 aliphatic carbocycles. The molecule has 0 saturated carbocycles. The van der Waals surface area contributed by atoms with Crippen molar-refractivity contribution in [3.05, 3.63) is 59.7 Å². The average Bonchev–Trinajstić information content (AvgIpc) is 2.29. The van der Waals surface area contributed by atoms with E-state index in [1.165, 1.54) is 11.1 Å². The van der Waals surface area contributed by atoms with Gasteiger partial charge in [-0.1, -0.05) is 40.2 Å². The lowest BCUT2D eigenvalue weighted by Crippen LogP contribution is -1.86. The second-order valence-corrected chi connectivity index (χ2v) is 4.26. The SMILES string of the molecule is Cc1cccc(Oc2cccc(CBr)c2)c1. The number of halogens is 1. The van der Waals surface area contributed by atoms with E-state index in [0.29, 0.717) is 0 Å². The van der Waals surface area contributed by atoms with Crippen molar-refractivity contribution in [1.29, 1.82) is 0 Å². The van der Waals surface area contributed by atoms with E-state index in [1.807, 2.05) is 36.4 Å². The van der Waals surface area contributed by atoms with E-state index < -0.39 is 0 Å². The number of alkyl halides is 1. The van der Waals surface area contributed by atoms with Crippen LogP contribution in [0, 0.1) is 6.92 Å². The molecule has 2 aromatic rings. The Bertz CT molecular complexity index is 480. The molecule has 16 heavy (non-hydrogen) atoms. The predicted octanol–water partition coefficient (Wildman–Crippen LogP) is 4.68. The van der Waals surface area contributed by atoms with Gasteiger partial charge in [0.05, 0.1) is 0 Å². The monoisotopic (exact) mass is 276 g/mol. The molecule has 0 unspecified atom stereocenters. The highest BCUT2D eigenvalue weighted by Gasteiger charge is 1.98. The van der Waals surface area contributed by atoms with Crippen LogP contribution >= 0.6 is 15.9 Å². The molecule has 0 N–H and O–H groups in total. The molecule has 0 heterocycles. The van der Waals surface area contributed by atoms with Crippen LogP contribution < -0.4 is 4.74 Å². The lowest BCUT2D eigenvalue weighted by molar-refractivity contribution is 0.482. The third-order valence-corrected chi connectivity index (χ3v) is 2.93. The van der Waals surface area contributed by atoms with Gasteiger partial charge in [0.1, 0.15) is 11.5 Å². The predicted molar refractivity (Wildman–Crippen MR) is 70.3 cm³/mol. The minimum absolute atomic E-state index is 0.845. The van der Waals surface area contributed by atoms with E-state index in [0.717, 1.165) is 16.8 Å². The van der Waals surface area contributed by atoms with E-state index in [4.69, 9.17) is 4.74 Å². The highest BCUT2D eigenvalue weighted by molar-refractivity contribution is 9.08. The molecule has 0 aliphatic rings. The van der Waals surface area contributed by atoms with E-state index in [2.05, 4.69) is 35.0 Å². The molecular formula is C14H13BrO. The van der Waals surface area contributed by atoms with Gasteiger partial charge in [0, 0.05) is 5.33 Å². The van der Waals surface area contributed by atoms with Crippen LogP contribution in [-0.4, -0.2) is 0 Å². The summed E-state index contributed by atoms with van der Waals surface area (Å²) in [6, 6.07) is 16.1. The van der Waals surface area contributed by atoms with Gasteiger partial charge in [0.15, 0.2) is 0 Å². The van der Waals surface area contributed by atoms with Crippen LogP contribution in [0.4, 0.5) is 0 Å². The Labute approximate surface area is 104 Å². The minimum Gasteiger partial charge on any atom is -0.457 e. The van der Waals surface area contributed by atoms with Crippen LogP contribution in [0.25, 0.3) is 0 Å². The maximum Gasteiger partial charge on any atom is 0.127 e. The zero-order valence-corrected chi connectivity index (χ0v) is 10.7. The summed E-state index contributed by atoms with van der Waals surface area (Å²) in [5, 5.41) is 0.845. The average molecular weight is 277 g/mol. The standard InChI is InChI=1S/C14H13BrO/c1-11-4-2-6-13(8-11)16-14-7-3-5-12(9-14)10-15/h2-9H,10H2,1H3. The molecule has 0 fully saturated rings. The Balaban J connectivity index is 2.20. The maximum atomic E-state index is 5.78. The molecule has 0 aromatic heterocycles. The van der Waals surface area contributed by atoms with Crippen molar-refractivity contribution in [1.82, 2.24) is 0 Å². The van der Waals surface area contributed by atoms with Crippen molar-refractivity contribution in [2.45, 2.75) is 12.3 Å². The number of hydrogen-bond acceptors (Lipinski definition) is 1. The third kappa shape index (κ3) is 2.86. The topological polar surface area (TPSA) is 9.23 Å². The van der Waals surface area contributed by atoms with Gasteiger partial charge in [0.25, 0.3) is 0 Å². The lowest BCUT2D eigenvalue weighted by Gasteiger charge is -2.07. The largest absolute Gasteiger partial charge is 0.457 e. The Hall–Kier alpha value is -1.28. The highest BCUT2D eigenvalue weighted by atomic mass is 79.9. The smallest absolute Gasteiger partial charge is 0.127 e. The molecular weight excluding hydrogens is 264 g/mol. The normalized spacial score (nSPS) is 10.1. The van der Waals surface area contributed by atoms with Gasteiger partial charge in [0.2, 0.25) is 0 Å². The molecule has 0 radical (unpaired) electrons. The molecule has 2 rings (SSSR count). The summed E-state index contributed by atoms with van der Waals surface area (Å²) in [5.74, 6) is 1.76. The number of aryl methyl sites for hydroxylation is 1. The molecule has 0 aliphatic heterocycles. The van der Waals surface area contributed by atoms with Crippen LogP contribution in [0.5, 0.6) is 11.5 Å². The van der Waals surface area contributed by atoms with E-state index >= 15 is 0 Å². The maximum absolute atomic E-state index is 5.78. The van der Waals surface area contributed by atoms with Gasteiger partial charge in [-0.05, 0) is 42.3 Å². The summed E-state index contributed by atoms with van der Waals surface area (Å²) in [6.45, 7) is 2.06. The molecule has 0 atom stereocenters. The summed E-state index contributed by atoms with van der Waals surface area (Å²) >= 11 is 3.43. The second kappa shape index (κ2) is 5.17. The van der Waals surface area contributed by atoms with Crippen molar-refractivity contribution in [2.24, 2.45) is 0 Å². The second-order valence-electron chi connectivity index (χ2n) is 3.70. The van der Waals surface area contributed by atoms with E-state index in [-0.39, 0.29) is 0 Å². The molecule has 0 bridgehead atoms. The molecule has 0 saturated heterocycles. The first-order chi connectivity index (χ1) is 7.78. The fourth-order valence-electron chi connectivity index (χ4n) is 1.51. The van der Waals surface area contributed by atoms with Crippen molar-refractivity contribution in [3.8, 4) is 11.5 Å². The molecule has 2 heteroatoms. The van der Waals surface area contributed by atoms with Gasteiger partial charge in [-0.3, -0.25) is 0 Å². The Morgan fingerprint density at radius 3 is 2.38 bits per heavy atom. The minimum atomic E-state index is 0.845. The summed E-state index contributed by atoms with van der Waals surface area (Å²) in [6.07, 6.45) is 0. The first-order valence-electron chi connectivity index (χ1n) is 5.17. The van der Waals surface area contributed by atoms with Gasteiger partial charge < -0.3 is 4.74 Å². The molecule has 2 aromatic carbocycles. The zero-order chi connectivity index (χ0) is 11.4. The van der Waals surface area contributed by atoms with Crippen molar-refractivity contribution < 1.29 is 4.74 Å².